The van der Waals surface area contributed by atoms with Gasteiger partial charge in [0.05, 0.1) is 17.4 Å². The third-order valence-corrected chi connectivity index (χ3v) is 10.6. The first-order valence-corrected chi connectivity index (χ1v) is 14.4. The van der Waals surface area contributed by atoms with Gasteiger partial charge in [-0.2, -0.15) is 32.4 Å². The summed E-state index contributed by atoms with van der Waals surface area (Å²) < 4.78 is 29.8. The monoisotopic (exact) mass is 527 g/mol. The number of aromatic amines is 1. The average molecular weight is 528 g/mol. The molecule has 1 unspecified atom stereocenters. The summed E-state index contributed by atoms with van der Waals surface area (Å²) in [5.41, 5.74) is 0.959. The number of nitrogens with one attached hydrogen (secondary N) is 2. The maximum absolute atomic E-state index is 13.3. The van der Waals surface area contributed by atoms with Crippen LogP contribution >= 0.6 is 11.3 Å². The largest absolute Gasteiger partial charge is 0.341 e. The molecule has 6 rings (SSSR count). The van der Waals surface area contributed by atoms with Gasteiger partial charge in [0.1, 0.15) is 10.6 Å². The first-order chi connectivity index (χ1) is 17.2. The topological polar surface area (TPSA) is 134 Å². The summed E-state index contributed by atoms with van der Waals surface area (Å²) in [7, 11) is -1.53. The molecule has 3 aliphatic heterocycles. The second-order valence-electron chi connectivity index (χ2n) is 10.1. The van der Waals surface area contributed by atoms with E-state index in [0.29, 0.717) is 30.7 Å². The van der Waals surface area contributed by atoms with Crippen molar-refractivity contribution in [2.24, 2.45) is 5.92 Å². The lowest BCUT2D eigenvalue weighted by Gasteiger charge is -2.45. The van der Waals surface area contributed by atoms with E-state index in [4.69, 9.17) is 15.2 Å². The van der Waals surface area contributed by atoms with Gasteiger partial charge in [-0.15, -0.1) is 11.3 Å². The molecule has 0 aliphatic carbocycles. The molecule has 190 valence electrons. The van der Waals surface area contributed by atoms with Gasteiger partial charge in [-0.1, -0.05) is 0 Å². The summed E-state index contributed by atoms with van der Waals surface area (Å²) in [6, 6.07) is 6.23. The SMILES string of the molecule is Cc1cc(Nc2nc(N(C)C3C[C@H]4CC[C@@H](C3)N4S(=O)(=O)N3CC(C#N)C3)nc3sc(C)cc23)n[nH]1. The Balaban J connectivity index is 1.24. The molecule has 13 heteroatoms. The molecule has 3 fully saturated rings. The Morgan fingerprint density at radius 1 is 1.19 bits per heavy atom. The molecule has 2 N–H and O–H groups in total. The van der Waals surface area contributed by atoms with E-state index < -0.39 is 10.2 Å². The molecule has 3 aliphatic rings. The Labute approximate surface area is 214 Å². The van der Waals surface area contributed by atoms with Crippen LogP contribution in [0.3, 0.4) is 0 Å². The maximum Gasteiger partial charge on any atom is 0.282 e. The number of rotatable bonds is 6. The number of piperidine rings is 1. The van der Waals surface area contributed by atoms with Gasteiger partial charge >= 0.3 is 0 Å². The Morgan fingerprint density at radius 2 is 1.92 bits per heavy atom. The summed E-state index contributed by atoms with van der Waals surface area (Å²) in [5.74, 6) is 1.85. The van der Waals surface area contributed by atoms with Crippen molar-refractivity contribution in [2.75, 3.05) is 30.4 Å². The fourth-order valence-electron chi connectivity index (χ4n) is 5.69. The highest BCUT2D eigenvalue weighted by Gasteiger charge is 2.51. The minimum atomic E-state index is -3.54. The summed E-state index contributed by atoms with van der Waals surface area (Å²) >= 11 is 1.63. The zero-order valence-electron chi connectivity index (χ0n) is 20.5. The van der Waals surface area contributed by atoms with E-state index in [1.54, 1.807) is 15.6 Å². The van der Waals surface area contributed by atoms with Crippen LogP contribution in [0.2, 0.25) is 0 Å². The fourth-order valence-corrected chi connectivity index (χ4v) is 8.70. The molecule has 36 heavy (non-hydrogen) atoms. The highest BCUT2D eigenvalue weighted by molar-refractivity contribution is 7.86. The minimum absolute atomic E-state index is 0.0420. The van der Waals surface area contributed by atoms with Crippen LogP contribution in [0.1, 0.15) is 36.3 Å². The average Bonchev–Trinajstić information content (AvgIpc) is 3.47. The zero-order valence-corrected chi connectivity index (χ0v) is 22.1. The lowest BCUT2D eigenvalue weighted by atomic mass is 9.99. The summed E-state index contributed by atoms with van der Waals surface area (Å²) in [4.78, 5) is 13.9. The summed E-state index contributed by atoms with van der Waals surface area (Å²) in [6.45, 7) is 4.62. The maximum atomic E-state index is 13.3. The van der Waals surface area contributed by atoms with Crippen LogP contribution in [0.25, 0.3) is 10.2 Å². The second kappa shape index (κ2) is 8.65. The van der Waals surface area contributed by atoms with Crippen LogP contribution in [-0.4, -0.2) is 75.5 Å². The zero-order chi connectivity index (χ0) is 25.2. The standard InChI is InChI=1S/C23H29N9O2S2/c1-13-6-20(29-28-13)25-21-19-7-14(2)35-22(19)27-23(26-21)30(3)18-8-16-4-5-17(9-18)32(16)36(33,34)31-11-15(10-24)12-31/h6-7,15-18H,4-5,8-9,11-12H2,1-3H3,(H2,25,26,27,28,29)/t16-,17+,18?. The van der Waals surface area contributed by atoms with E-state index in [1.807, 2.05) is 20.0 Å². The van der Waals surface area contributed by atoms with E-state index in [9.17, 15) is 8.42 Å². The van der Waals surface area contributed by atoms with Crippen molar-refractivity contribution in [3.8, 4) is 6.07 Å². The lowest BCUT2D eigenvalue weighted by molar-refractivity contribution is 0.177. The van der Waals surface area contributed by atoms with Crippen molar-refractivity contribution >= 4 is 49.3 Å². The van der Waals surface area contributed by atoms with Gasteiger partial charge < -0.3 is 10.2 Å². The molecule has 0 amide bonds. The Hall–Kier alpha value is -2.79. The van der Waals surface area contributed by atoms with Gasteiger partial charge in [0, 0.05) is 54.9 Å². The van der Waals surface area contributed by atoms with Crippen molar-refractivity contribution in [3.63, 3.8) is 0 Å². The van der Waals surface area contributed by atoms with E-state index in [0.717, 1.165) is 46.5 Å². The van der Waals surface area contributed by atoms with Crippen LogP contribution < -0.4 is 10.2 Å². The predicted octanol–water partition coefficient (Wildman–Crippen LogP) is 2.91. The van der Waals surface area contributed by atoms with Crippen molar-refractivity contribution in [3.05, 3.63) is 22.7 Å². The number of fused-ring (bicyclic) bond motifs is 3. The number of anilines is 3. The van der Waals surface area contributed by atoms with Crippen LogP contribution in [-0.2, 0) is 10.2 Å². The number of aromatic nitrogens is 4. The number of hydrogen-bond donors (Lipinski definition) is 2. The summed E-state index contributed by atoms with van der Waals surface area (Å²) in [6.07, 6.45) is 3.18. The van der Waals surface area contributed by atoms with E-state index in [2.05, 4.69) is 39.5 Å². The van der Waals surface area contributed by atoms with Crippen molar-refractivity contribution in [1.29, 1.82) is 5.26 Å². The molecule has 0 aromatic carbocycles. The van der Waals surface area contributed by atoms with Gasteiger partial charge in [0.15, 0.2) is 5.82 Å². The van der Waals surface area contributed by atoms with E-state index in [-0.39, 0.29) is 24.0 Å². The number of hydrogen-bond acceptors (Lipinski definition) is 9. The first-order valence-electron chi connectivity index (χ1n) is 12.2. The molecule has 3 saturated heterocycles. The third kappa shape index (κ3) is 3.92. The van der Waals surface area contributed by atoms with Gasteiger partial charge in [0.2, 0.25) is 5.95 Å². The third-order valence-electron chi connectivity index (χ3n) is 7.58. The van der Waals surface area contributed by atoms with Gasteiger partial charge in [-0.05, 0) is 45.6 Å². The molecule has 6 heterocycles. The Morgan fingerprint density at radius 3 is 2.56 bits per heavy atom. The van der Waals surface area contributed by atoms with Gasteiger partial charge in [-0.25, -0.2) is 4.98 Å². The molecule has 3 aromatic heterocycles. The fraction of sp³-hybridized carbons (Fsp3) is 0.565. The molecular weight excluding hydrogens is 498 g/mol. The first kappa shape index (κ1) is 23.6. The number of aryl methyl sites for hydroxylation is 2. The lowest BCUT2D eigenvalue weighted by Crippen LogP contribution is -2.60. The van der Waals surface area contributed by atoms with Crippen LogP contribution in [0.15, 0.2) is 12.1 Å². The normalized spacial score (nSPS) is 25.1. The smallest absolute Gasteiger partial charge is 0.282 e. The molecule has 3 aromatic rings. The molecule has 11 nitrogen and oxygen atoms in total. The number of nitriles is 1. The quantitative estimate of drug-likeness (QED) is 0.500. The van der Waals surface area contributed by atoms with Crippen LogP contribution in [0.4, 0.5) is 17.6 Å². The predicted molar refractivity (Wildman–Crippen MR) is 138 cm³/mol. The van der Waals surface area contributed by atoms with Crippen LogP contribution in [0, 0.1) is 31.1 Å². The molecule has 2 bridgehead atoms. The number of H-pyrrole nitrogens is 1. The van der Waals surface area contributed by atoms with Gasteiger partial charge in [0.25, 0.3) is 10.2 Å². The van der Waals surface area contributed by atoms with Gasteiger partial charge in [-0.3, -0.25) is 5.10 Å². The molecule has 0 spiro atoms. The Kier molecular flexibility index (Phi) is 5.67. The highest BCUT2D eigenvalue weighted by atomic mass is 32.2. The van der Waals surface area contributed by atoms with Crippen molar-refractivity contribution in [2.45, 2.75) is 57.7 Å². The van der Waals surface area contributed by atoms with E-state index in [1.165, 1.54) is 4.31 Å². The number of nitrogens with zero attached hydrogens (tertiary/aromatic N) is 7. The minimum Gasteiger partial charge on any atom is -0.341 e. The van der Waals surface area contributed by atoms with E-state index >= 15 is 0 Å². The van der Waals surface area contributed by atoms with Crippen molar-refractivity contribution < 1.29 is 8.42 Å². The Bertz CT molecular complexity index is 1440. The molecular formula is C23H29N9O2S2. The number of thiophene rings is 1. The highest BCUT2D eigenvalue weighted by Crippen LogP contribution is 2.42. The second-order valence-corrected chi connectivity index (χ2v) is 13.2. The van der Waals surface area contributed by atoms with Crippen LogP contribution in [0.5, 0.6) is 0 Å². The summed E-state index contributed by atoms with van der Waals surface area (Å²) in [5, 5.41) is 20.6. The molecule has 3 atom stereocenters. The molecule has 0 radical (unpaired) electrons. The van der Waals surface area contributed by atoms with Crippen molar-refractivity contribution in [1.82, 2.24) is 28.8 Å². The molecule has 0 saturated carbocycles.